The number of hydrogen-bond acceptors (Lipinski definition) is 3. The van der Waals surface area contributed by atoms with Crippen molar-refractivity contribution in [2.45, 2.75) is 12.8 Å². The van der Waals surface area contributed by atoms with Gasteiger partial charge in [-0.25, -0.2) is 4.79 Å². The molecule has 1 heterocycles. The summed E-state index contributed by atoms with van der Waals surface area (Å²) in [5, 5.41) is 8.47. The number of carboxylic acids is 1. The molecule has 4 heteroatoms. The van der Waals surface area contributed by atoms with E-state index >= 15 is 0 Å². The highest BCUT2D eigenvalue weighted by atomic mass is 16.4. The minimum absolute atomic E-state index is 0.721. The maximum atomic E-state index is 10.3. The van der Waals surface area contributed by atoms with Crippen LogP contribution in [0, 0.1) is 5.92 Å². The number of nitrogens with zero attached hydrogens (tertiary/aromatic N) is 2. The molecule has 0 aromatic carbocycles. The Morgan fingerprint density at radius 3 is 2.69 bits per heavy atom. The highest BCUT2D eigenvalue weighted by Gasteiger charge is 2.17. The van der Waals surface area contributed by atoms with Crippen molar-refractivity contribution in [2.75, 3.05) is 40.3 Å². The molecule has 1 saturated heterocycles. The van der Waals surface area contributed by atoms with Crippen LogP contribution in [0.15, 0.2) is 12.2 Å². The van der Waals surface area contributed by atoms with E-state index in [0.717, 1.165) is 19.0 Å². The van der Waals surface area contributed by atoms with E-state index in [1.165, 1.54) is 32.0 Å². The molecule has 0 aliphatic carbocycles. The molecule has 0 aromatic rings. The molecule has 1 aliphatic rings. The van der Waals surface area contributed by atoms with Crippen LogP contribution in [-0.2, 0) is 4.79 Å². The summed E-state index contributed by atoms with van der Waals surface area (Å²) in [5.41, 5.74) is 0. The molecule has 0 bridgehead atoms. The standard InChI is InChI=1S/C12H22N2O2/c1-13-8-5-11(6-9-13)10-14(2)7-3-4-12(15)16/h3-4,11H,5-10H2,1-2H3,(H,15,16)/b4-3+. The Bertz CT molecular complexity index is 245. The number of likely N-dealkylation sites (tertiary alicyclic amines) is 1. The Morgan fingerprint density at radius 1 is 1.50 bits per heavy atom. The average molecular weight is 226 g/mol. The fourth-order valence-corrected chi connectivity index (χ4v) is 2.09. The first-order valence-electron chi connectivity index (χ1n) is 5.84. The summed E-state index contributed by atoms with van der Waals surface area (Å²) in [6.45, 7) is 4.16. The second kappa shape index (κ2) is 6.66. The van der Waals surface area contributed by atoms with Gasteiger partial charge in [0.2, 0.25) is 0 Å². The van der Waals surface area contributed by atoms with Crippen molar-refractivity contribution in [3.8, 4) is 0 Å². The van der Waals surface area contributed by atoms with Crippen molar-refractivity contribution in [3.05, 3.63) is 12.2 Å². The zero-order valence-corrected chi connectivity index (χ0v) is 10.2. The second-order valence-electron chi connectivity index (χ2n) is 4.71. The molecule has 4 nitrogen and oxygen atoms in total. The Morgan fingerprint density at radius 2 is 2.12 bits per heavy atom. The number of carbonyl (C=O) groups is 1. The number of hydrogen-bond donors (Lipinski definition) is 1. The van der Waals surface area contributed by atoms with Crippen LogP contribution in [-0.4, -0.2) is 61.2 Å². The summed E-state index contributed by atoms with van der Waals surface area (Å²) in [6, 6.07) is 0. The van der Waals surface area contributed by atoms with E-state index in [1.807, 2.05) is 7.05 Å². The van der Waals surface area contributed by atoms with Gasteiger partial charge in [-0.3, -0.25) is 0 Å². The summed E-state index contributed by atoms with van der Waals surface area (Å²) < 4.78 is 0. The van der Waals surface area contributed by atoms with Crippen LogP contribution in [0.4, 0.5) is 0 Å². The highest BCUT2D eigenvalue weighted by molar-refractivity contribution is 5.79. The predicted octanol–water partition coefficient (Wildman–Crippen LogP) is 0.901. The molecule has 0 aromatic heterocycles. The summed E-state index contributed by atoms with van der Waals surface area (Å²) in [4.78, 5) is 14.8. The lowest BCUT2D eigenvalue weighted by atomic mass is 9.97. The second-order valence-corrected chi connectivity index (χ2v) is 4.71. The molecule has 1 fully saturated rings. The van der Waals surface area contributed by atoms with Crippen molar-refractivity contribution in [3.63, 3.8) is 0 Å². The SMILES string of the molecule is CN1CCC(CN(C)C/C=C/C(=O)O)CC1. The lowest BCUT2D eigenvalue weighted by Crippen LogP contribution is -2.35. The molecule has 0 spiro atoms. The van der Waals surface area contributed by atoms with E-state index in [0.29, 0.717) is 0 Å². The monoisotopic (exact) mass is 226 g/mol. The highest BCUT2D eigenvalue weighted by Crippen LogP contribution is 2.16. The van der Waals surface area contributed by atoms with Crippen LogP contribution in [0.25, 0.3) is 0 Å². The zero-order valence-electron chi connectivity index (χ0n) is 10.2. The molecule has 92 valence electrons. The molecule has 1 aliphatic heterocycles. The third-order valence-corrected chi connectivity index (χ3v) is 3.09. The minimum Gasteiger partial charge on any atom is -0.478 e. The lowest BCUT2D eigenvalue weighted by Gasteiger charge is -2.31. The first-order chi connectivity index (χ1) is 7.58. The van der Waals surface area contributed by atoms with Gasteiger partial charge in [-0.2, -0.15) is 0 Å². The van der Waals surface area contributed by atoms with Gasteiger partial charge < -0.3 is 14.9 Å². The van der Waals surface area contributed by atoms with Crippen LogP contribution < -0.4 is 0 Å². The maximum absolute atomic E-state index is 10.3. The van der Waals surface area contributed by atoms with Gasteiger partial charge >= 0.3 is 5.97 Å². The number of likely N-dealkylation sites (N-methyl/N-ethyl adjacent to an activating group) is 1. The van der Waals surface area contributed by atoms with Gasteiger partial charge in [0, 0.05) is 19.2 Å². The van der Waals surface area contributed by atoms with Gasteiger partial charge in [0.1, 0.15) is 0 Å². The molecule has 1 rings (SSSR count). The summed E-state index contributed by atoms with van der Waals surface area (Å²) in [7, 11) is 4.21. The minimum atomic E-state index is -0.868. The van der Waals surface area contributed by atoms with E-state index in [2.05, 4.69) is 16.8 Å². The van der Waals surface area contributed by atoms with Gasteiger partial charge in [-0.15, -0.1) is 0 Å². The zero-order chi connectivity index (χ0) is 12.0. The summed E-state index contributed by atoms with van der Waals surface area (Å²) in [5.74, 6) is -0.105. The molecule has 0 atom stereocenters. The van der Waals surface area contributed by atoms with Gasteiger partial charge in [0.05, 0.1) is 0 Å². The smallest absolute Gasteiger partial charge is 0.328 e. The van der Waals surface area contributed by atoms with Crippen molar-refractivity contribution in [2.24, 2.45) is 5.92 Å². The molecule has 0 amide bonds. The van der Waals surface area contributed by atoms with E-state index in [9.17, 15) is 4.79 Å². The largest absolute Gasteiger partial charge is 0.478 e. The first kappa shape index (κ1) is 13.2. The Kier molecular flexibility index (Phi) is 5.49. The van der Waals surface area contributed by atoms with Crippen LogP contribution >= 0.6 is 0 Å². The Hall–Kier alpha value is -0.870. The topological polar surface area (TPSA) is 43.8 Å². The fraction of sp³-hybridized carbons (Fsp3) is 0.750. The van der Waals surface area contributed by atoms with Crippen LogP contribution in [0.3, 0.4) is 0 Å². The third-order valence-electron chi connectivity index (χ3n) is 3.09. The van der Waals surface area contributed by atoms with Gasteiger partial charge in [0.15, 0.2) is 0 Å². The van der Waals surface area contributed by atoms with E-state index in [4.69, 9.17) is 5.11 Å². The maximum Gasteiger partial charge on any atom is 0.328 e. The number of aliphatic carboxylic acids is 1. The van der Waals surface area contributed by atoms with Crippen molar-refractivity contribution >= 4 is 5.97 Å². The van der Waals surface area contributed by atoms with Gasteiger partial charge in [0.25, 0.3) is 0 Å². The van der Waals surface area contributed by atoms with E-state index in [-0.39, 0.29) is 0 Å². The summed E-state index contributed by atoms with van der Waals surface area (Å²) >= 11 is 0. The van der Waals surface area contributed by atoms with Crippen molar-refractivity contribution in [1.82, 2.24) is 9.80 Å². The van der Waals surface area contributed by atoms with E-state index in [1.54, 1.807) is 6.08 Å². The molecule has 0 unspecified atom stereocenters. The fourth-order valence-electron chi connectivity index (χ4n) is 2.09. The van der Waals surface area contributed by atoms with Gasteiger partial charge in [-0.05, 0) is 45.9 Å². The van der Waals surface area contributed by atoms with Crippen molar-refractivity contribution in [1.29, 1.82) is 0 Å². The Balaban J connectivity index is 2.18. The molecular weight excluding hydrogens is 204 g/mol. The molecular formula is C12H22N2O2. The number of rotatable bonds is 5. The van der Waals surface area contributed by atoms with Crippen LogP contribution in [0.5, 0.6) is 0 Å². The quantitative estimate of drug-likeness (QED) is 0.707. The molecule has 0 radical (unpaired) electrons. The van der Waals surface area contributed by atoms with Gasteiger partial charge in [-0.1, -0.05) is 6.08 Å². The van der Waals surface area contributed by atoms with Crippen LogP contribution in [0.1, 0.15) is 12.8 Å². The third kappa shape index (κ3) is 5.28. The van der Waals surface area contributed by atoms with Crippen LogP contribution in [0.2, 0.25) is 0 Å². The summed E-state index contributed by atoms with van der Waals surface area (Å²) in [6.07, 6.45) is 5.43. The van der Waals surface area contributed by atoms with E-state index < -0.39 is 5.97 Å². The predicted molar refractivity (Wildman–Crippen MR) is 64.5 cm³/mol. The normalized spacial score (nSPS) is 19.7. The Labute approximate surface area is 97.5 Å². The molecule has 16 heavy (non-hydrogen) atoms. The average Bonchev–Trinajstić information content (AvgIpc) is 2.21. The molecule has 1 N–H and O–H groups in total. The van der Waals surface area contributed by atoms with Crippen molar-refractivity contribution < 1.29 is 9.90 Å². The number of carboxylic acid groups (broad SMARTS) is 1. The molecule has 0 saturated carbocycles. The first-order valence-corrected chi connectivity index (χ1v) is 5.84. The lowest BCUT2D eigenvalue weighted by molar-refractivity contribution is -0.131. The number of piperidine rings is 1.